The molecule has 0 aromatic heterocycles. The molecule has 0 aliphatic carbocycles. The lowest BCUT2D eigenvalue weighted by atomic mass is 9.87. The predicted octanol–water partition coefficient (Wildman–Crippen LogP) is 3.04. The summed E-state index contributed by atoms with van der Waals surface area (Å²) < 4.78 is 0.640. The van der Waals surface area contributed by atoms with Crippen LogP contribution in [0.5, 0.6) is 0 Å². The monoisotopic (exact) mass is 356 g/mol. The molecular weight excluding hydrogens is 336 g/mol. The molecule has 0 fully saturated rings. The van der Waals surface area contributed by atoms with Crippen molar-refractivity contribution in [1.82, 2.24) is 5.32 Å². The van der Waals surface area contributed by atoms with E-state index in [4.69, 9.17) is 10.8 Å². The third-order valence-electron chi connectivity index (χ3n) is 2.88. The molecule has 0 saturated heterocycles. The molecule has 1 aromatic rings. The van der Waals surface area contributed by atoms with Gasteiger partial charge in [-0.05, 0) is 46.0 Å². The molecule has 0 heterocycles. The van der Waals surface area contributed by atoms with E-state index in [0.29, 0.717) is 22.1 Å². The van der Waals surface area contributed by atoms with E-state index in [1.54, 1.807) is 18.2 Å². The van der Waals surface area contributed by atoms with Crippen LogP contribution in [-0.2, 0) is 4.79 Å². The molecule has 0 bridgehead atoms. The van der Waals surface area contributed by atoms with Gasteiger partial charge in [-0.3, -0.25) is 9.59 Å². The number of rotatable bonds is 5. The van der Waals surface area contributed by atoms with Crippen molar-refractivity contribution >= 4 is 33.5 Å². The van der Waals surface area contributed by atoms with E-state index in [0.717, 1.165) is 0 Å². The minimum Gasteiger partial charge on any atom is -0.481 e. The van der Waals surface area contributed by atoms with Gasteiger partial charge in [-0.25, -0.2) is 0 Å². The molecule has 1 rings (SSSR count). The molecular formula is C15H21BrN2O3. The van der Waals surface area contributed by atoms with Crippen molar-refractivity contribution in [2.45, 2.75) is 39.7 Å². The number of benzene rings is 1. The second-order valence-electron chi connectivity index (χ2n) is 6.27. The lowest BCUT2D eigenvalue weighted by Crippen LogP contribution is -2.39. The summed E-state index contributed by atoms with van der Waals surface area (Å²) >= 11 is 3.27. The summed E-state index contributed by atoms with van der Waals surface area (Å²) in [5.74, 6) is -1.23. The van der Waals surface area contributed by atoms with Crippen molar-refractivity contribution in [1.29, 1.82) is 0 Å². The Balaban J connectivity index is 2.83. The van der Waals surface area contributed by atoms with Gasteiger partial charge in [-0.1, -0.05) is 20.8 Å². The topological polar surface area (TPSA) is 92.4 Å². The van der Waals surface area contributed by atoms with Crippen LogP contribution in [-0.4, -0.2) is 23.0 Å². The SMILES string of the molecule is CC(C)(C)CC(CC(=O)O)NC(=O)c1ccc(N)c(Br)c1. The highest BCUT2D eigenvalue weighted by molar-refractivity contribution is 9.10. The Bertz CT molecular complexity index is 538. The Morgan fingerprint density at radius 2 is 2.00 bits per heavy atom. The summed E-state index contributed by atoms with van der Waals surface area (Å²) in [6.07, 6.45) is 0.486. The first kappa shape index (κ1) is 17.5. The maximum absolute atomic E-state index is 12.2. The van der Waals surface area contributed by atoms with Crippen LogP contribution in [0.1, 0.15) is 44.0 Å². The van der Waals surface area contributed by atoms with Crippen LogP contribution >= 0.6 is 15.9 Å². The van der Waals surface area contributed by atoms with Gasteiger partial charge < -0.3 is 16.2 Å². The zero-order valence-electron chi connectivity index (χ0n) is 12.4. The number of hydrogen-bond acceptors (Lipinski definition) is 3. The van der Waals surface area contributed by atoms with Crippen LogP contribution < -0.4 is 11.1 Å². The van der Waals surface area contributed by atoms with E-state index in [1.165, 1.54) is 0 Å². The molecule has 6 heteroatoms. The van der Waals surface area contributed by atoms with E-state index >= 15 is 0 Å². The van der Waals surface area contributed by atoms with Crippen LogP contribution in [0.2, 0.25) is 0 Å². The van der Waals surface area contributed by atoms with E-state index in [2.05, 4.69) is 21.2 Å². The standard InChI is InChI=1S/C15H21BrN2O3/c1-15(2,3)8-10(7-13(19)20)18-14(21)9-4-5-12(17)11(16)6-9/h4-6,10H,7-8,17H2,1-3H3,(H,18,21)(H,19,20). The summed E-state index contributed by atoms with van der Waals surface area (Å²) in [5, 5.41) is 11.8. The van der Waals surface area contributed by atoms with Gasteiger partial charge in [0, 0.05) is 21.8 Å². The van der Waals surface area contributed by atoms with E-state index < -0.39 is 12.0 Å². The minimum atomic E-state index is -0.928. The van der Waals surface area contributed by atoms with Crippen LogP contribution in [0.25, 0.3) is 0 Å². The van der Waals surface area contributed by atoms with Gasteiger partial charge in [0.15, 0.2) is 0 Å². The quantitative estimate of drug-likeness (QED) is 0.707. The van der Waals surface area contributed by atoms with Gasteiger partial charge >= 0.3 is 5.97 Å². The van der Waals surface area contributed by atoms with Crippen molar-refractivity contribution in [3.63, 3.8) is 0 Å². The van der Waals surface area contributed by atoms with Crippen molar-refractivity contribution in [2.75, 3.05) is 5.73 Å². The van der Waals surface area contributed by atoms with Crippen LogP contribution in [0.15, 0.2) is 22.7 Å². The Labute approximate surface area is 133 Å². The van der Waals surface area contributed by atoms with Gasteiger partial charge in [0.25, 0.3) is 5.91 Å². The third-order valence-corrected chi connectivity index (χ3v) is 3.56. The summed E-state index contributed by atoms with van der Waals surface area (Å²) in [7, 11) is 0. The number of nitrogens with two attached hydrogens (primary N) is 1. The van der Waals surface area contributed by atoms with Crippen LogP contribution in [0.4, 0.5) is 5.69 Å². The Morgan fingerprint density at radius 1 is 1.38 bits per heavy atom. The number of nitrogens with one attached hydrogen (secondary N) is 1. The maximum Gasteiger partial charge on any atom is 0.305 e. The molecule has 1 atom stereocenters. The zero-order valence-corrected chi connectivity index (χ0v) is 14.0. The van der Waals surface area contributed by atoms with Gasteiger partial charge in [0.05, 0.1) is 6.42 Å². The fraction of sp³-hybridized carbons (Fsp3) is 0.467. The zero-order chi connectivity index (χ0) is 16.2. The first-order valence-electron chi connectivity index (χ1n) is 6.66. The van der Waals surface area contributed by atoms with Gasteiger partial charge in [-0.2, -0.15) is 0 Å². The number of halogens is 1. The average Bonchev–Trinajstić information content (AvgIpc) is 2.29. The molecule has 21 heavy (non-hydrogen) atoms. The molecule has 5 nitrogen and oxygen atoms in total. The Morgan fingerprint density at radius 3 is 2.48 bits per heavy atom. The smallest absolute Gasteiger partial charge is 0.305 e. The highest BCUT2D eigenvalue weighted by Crippen LogP contribution is 2.23. The second-order valence-corrected chi connectivity index (χ2v) is 7.12. The Hall–Kier alpha value is -1.56. The number of amides is 1. The number of nitrogen functional groups attached to an aromatic ring is 1. The number of anilines is 1. The van der Waals surface area contributed by atoms with E-state index in [9.17, 15) is 9.59 Å². The number of aliphatic carboxylic acids is 1. The molecule has 0 radical (unpaired) electrons. The molecule has 1 unspecified atom stereocenters. The lowest BCUT2D eigenvalue weighted by molar-refractivity contribution is -0.137. The van der Waals surface area contributed by atoms with Gasteiger partial charge in [0.2, 0.25) is 0 Å². The highest BCUT2D eigenvalue weighted by Gasteiger charge is 2.23. The molecule has 0 aliphatic rings. The summed E-state index contributed by atoms with van der Waals surface area (Å²) in [5.41, 5.74) is 6.60. The van der Waals surface area contributed by atoms with Crippen LogP contribution in [0.3, 0.4) is 0 Å². The summed E-state index contributed by atoms with van der Waals surface area (Å²) in [4.78, 5) is 23.2. The van der Waals surface area contributed by atoms with Gasteiger partial charge in [0.1, 0.15) is 0 Å². The average molecular weight is 357 g/mol. The third kappa shape index (κ3) is 6.16. The lowest BCUT2D eigenvalue weighted by Gasteiger charge is -2.25. The number of carbonyl (C=O) groups excluding carboxylic acids is 1. The fourth-order valence-corrected chi connectivity index (χ4v) is 2.44. The van der Waals surface area contributed by atoms with Crippen molar-refractivity contribution in [2.24, 2.45) is 5.41 Å². The first-order valence-corrected chi connectivity index (χ1v) is 7.45. The molecule has 116 valence electrons. The number of carboxylic acid groups (broad SMARTS) is 1. The molecule has 0 aliphatic heterocycles. The molecule has 0 spiro atoms. The molecule has 4 N–H and O–H groups in total. The van der Waals surface area contributed by atoms with Crippen molar-refractivity contribution in [3.8, 4) is 0 Å². The summed E-state index contributed by atoms with van der Waals surface area (Å²) in [6.45, 7) is 6.02. The molecule has 0 saturated carbocycles. The number of carbonyl (C=O) groups is 2. The Kier molecular flexibility index (Phi) is 5.78. The minimum absolute atomic E-state index is 0.0743. The van der Waals surface area contributed by atoms with Crippen molar-refractivity contribution < 1.29 is 14.7 Å². The van der Waals surface area contributed by atoms with Crippen LogP contribution in [0, 0.1) is 5.41 Å². The summed E-state index contributed by atoms with van der Waals surface area (Å²) in [6, 6.07) is 4.46. The predicted molar refractivity (Wildman–Crippen MR) is 86.1 cm³/mol. The normalized spacial score (nSPS) is 12.8. The second kappa shape index (κ2) is 6.93. The van der Waals surface area contributed by atoms with Gasteiger partial charge in [-0.15, -0.1) is 0 Å². The maximum atomic E-state index is 12.2. The number of hydrogen-bond donors (Lipinski definition) is 3. The largest absolute Gasteiger partial charge is 0.481 e. The first-order chi connectivity index (χ1) is 9.58. The highest BCUT2D eigenvalue weighted by atomic mass is 79.9. The van der Waals surface area contributed by atoms with E-state index in [1.807, 2.05) is 20.8 Å². The van der Waals surface area contributed by atoms with E-state index in [-0.39, 0.29) is 17.7 Å². The fourth-order valence-electron chi connectivity index (χ4n) is 2.06. The molecule has 1 amide bonds. The molecule has 1 aromatic carbocycles. The number of carboxylic acids is 1. The van der Waals surface area contributed by atoms with Crippen molar-refractivity contribution in [3.05, 3.63) is 28.2 Å².